The van der Waals surface area contributed by atoms with Gasteiger partial charge in [0, 0.05) is 43.9 Å². The maximum atomic E-state index is 7.25. The molecule has 3 heteroatoms. The van der Waals surface area contributed by atoms with Crippen molar-refractivity contribution in [1.82, 2.24) is 0 Å². The molecule has 12 aromatic rings. The van der Waals surface area contributed by atoms with Gasteiger partial charge < -0.3 is 13.7 Å². The summed E-state index contributed by atoms with van der Waals surface area (Å²) in [5.74, 6) is 0. The van der Waals surface area contributed by atoms with Crippen molar-refractivity contribution in [2.45, 2.75) is 19.3 Å². The van der Waals surface area contributed by atoms with Gasteiger partial charge in [0.1, 0.15) is 22.3 Å². The van der Waals surface area contributed by atoms with E-state index in [1.165, 1.54) is 54.9 Å². The van der Waals surface area contributed by atoms with E-state index < -0.39 is 0 Å². The number of nitrogens with zero attached hydrogens (tertiary/aromatic N) is 1. The molecular weight excluding hydrogens is 755 g/mol. The summed E-state index contributed by atoms with van der Waals surface area (Å²) in [6.45, 7) is 4.71. The Morgan fingerprint density at radius 3 is 1.85 bits per heavy atom. The fraction of sp³-hybridized carbons (Fsp3) is 0.0508. The maximum absolute atomic E-state index is 7.25. The average Bonchev–Trinajstić information content (AvgIpc) is 3.97. The van der Waals surface area contributed by atoms with Crippen molar-refractivity contribution in [3.05, 3.63) is 211 Å². The van der Waals surface area contributed by atoms with Crippen LogP contribution in [-0.2, 0) is 5.41 Å². The molecule has 13 rings (SSSR count). The first-order valence-corrected chi connectivity index (χ1v) is 21.4. The molecule has 0 aliphatic heterocycles. The van der Waals surface area contributed by atoms with Crippen molar-refractivity contribution >= 4 is 82.5 Å². The van der Waals surface area contributed by atoms with Crippen LogP contribution in [0.25, 0.3) is 98.8 Å². The Hall–Kier alpha value is -7.88. The van der Waals surface area contributed by atoms with Crippen LogP contribution in [0.5, 0.6) is 0 Å². The van der Waals surface area contributed by atoms with Gasteiger partial charge in [0.2, 0.25) is 0 Å². The van der Waals surface area contributed by atoms with Gasteiger partial charge in [-0.25, -0.2) is 0 Å². The third-order valence-corrected chi connectivity index (χ3v) is 13.5. The van der Waals surface area contributed by atoms with E-state index in [2.05, 4.69) is 207 Å². The first-order chi connectivity index (χ1) is 30.5. The lowest BCUT2D eigenvalue weighted by Crippen LogP contribution is -2.17. The summed E-state index contributed by atoms with van der Waals surface area (Å²) in [4.78, 5) is 2.45. The molecule has 0 atom stereocenters. The van der Waals surface area contributed by atoms with Gasteiger partial charge in [0.25, 0.3) is 0 Å². The summed E-state index contributed by atoms with van der Waals surface area (Å²) < 4.78 is 13.7. The molecule has 1 aliphatic rings. The van der Waals surface area contributed by atoms with Crippen molar-refractivity contribution in [3.8, 4) is 33.4 Å². The molecule has 3 nitrogen and oxygen atoms in total. The second-order valence-corrected chi connectivity index (χ2v) is 17.2. The van der Waals surface area contributed by atoms with Gasteiger partial charge in [-0.15, -0.1) is 0 Å². The molecule has 2 aromatic heterocycles. The van der Waals surface area contributed by atoms with Crippen molar-refractivity contribution in [2.24, 2.45) is 0 Å². The summed E-state index contributed by atoms with van der Waals surface area (Å²) in [6.07, 6.45) is 0. The predicted octanol–water partition coefficient (Wildman–Crippen LogP) is 16.9. The van der Waals surface area contributed by atoms with E-state index in [0.29, 0.717) is 0 Å². The fourth-order valence-electron chi connectivity index (χ4n) is 10.5. The highest BCUT2D eigenvalue weighted by molar-refractivity contribution is 6.28. The Morgan fingerprint density at radius 1 is 0.387 bits per heavy atom. The highest BCUT2D eigenvalue weighted by Crippen LogP contribution is 2.54. The molecule has 0 N–H and O–H groups in total. The number of benzene rings is 10. The Morgan fingerprint density at radius 2 is 1.02 bits per heavy atom. The normalized spacial score (nSPS) is 13.1. The third-order valence-electron chi connectivity index (χ3n) is 13.5. The number of fused-ring (bicyclic) bond motifs is 13. The Bertz CT molecular complexity index is 3780. The number of rotatable bonds is 5. The summed E-state index contributed by atoms with van der Waals surface area (Å²) in [5.41, 5.74) is 16.2. The Balaban J connectivity index is 1.15. The largest absolute Gasteiger partial charge is 0.456 e. The summed E-state index contributed by atoms with van der Waals surface area (Å²) in [6, 6.07) is 72.5. The SMILES string of the molecule is CC1(C)c2ccccc2-c2ccc(N(c3ccc(-c4ccccc4)cc3)c3ccc4c(oc5ccc6oc7ccccc7c6c54)c3-c3cc4ccccc4c4ccccc34)cc21. The molecule has 2 heterocycles. The van der Waals surface area contributed by atoms with Gasteiger partial charge in [0.15, 0.2) is 0 Å². The molecule has 1 aliphatic carbocycles. The minimum absolute atomic E-state index is 0.177. The number of anilines is 3. The molecule has 0 radical (unpaired) electrons. The molecule has 10 aromatic carbocycles. The lowest BCUT2D eigenvalue weighted by atomic mass is 9.82. The molecule has 292 valence electrons. The minimum Gasteiger partial charge on any atom is -0.456 e. The van der Waals surface area contributed by atoms with Gasteiger partial charge in [-0.05, 0) is 121 Å². The fourth-order valence-corrected chi connectivity index (χ4v) is 10.5. The second-order valence-electron chi connectivity index (χ2n) is 17.2. The molecule has 0 unspecified atom stereocenters. The quantitative estimate of drug-likeness (QED) is 0.163. The third kappa shape index (κ3) is 5.00. The van der Waals surface area contributed by atoms with Crippen molar-refractivity contribution < 1.29 is 8.83 Å². The highest BCUT2D eigenvalue weighted by atomic mass is 16.3. The lowest BCUT2D eigenvalue weighted by Gasteiger charge is -2.30. The van der Waals surface area contributed by atoms with Crippen molar-refractivity contribution in [2.75, 3.05) is 4.90 Å². The predicted molar refractivity (Wildman–Crippen MR) is 259 cm³/mol. The van der Waals surface area contributed by atoms with Crippen LogP contribution >= 0.6 is 0 Å². The number of furan rings is 2. The van der Waals surface area contributed by atoms with E-state index in [1.54, 1.807) is 0 Å². The van der Waals surface area contributed by atoms with Crippen LogP contribution in [0.4, 0.5) is 17.1 Å². The Labute approximate surface area is 358 Å². The number of hydrogen-bond donors (Lipinski definition) is 0. The molecule has 0 saturated carbocycles. The number of hydrogen-bond acceptors (Lipinski definition) is 3. The van der Waals surface area contributed by atoms with Crippen LogP contribution in [0.15, 0.2) is 209 Å². The van der Waals surface area contributed by atoms with Gasteiger partial charge in [0.05, 0.1) is 5.69 Å². The van der Waals surface area contributed by atoms with Crippen LogP contribution in [0.2, 0.25) is 0 Å². The lowest BCUT2D eigenvalue weighted by molar-refractivity contribution is 0.660. The zero-order valence-electron chi connectivity index (χ0n) is 34.3. The average molecular weight is 794 g/mol. The number of para-hydroxylation sites is 1. The van der Waals surface area contributed by atoms with Crippen LogP contribution < -0.4 is 4.90 Å². The monoisotopic (exact) mass is 793 g/mol. The van der Waals surface area contributed by atoms with Crippen molar-refractivity contribution in [3.63, 3.8) is 0 Å². The molecule has 0 fully saturated rings. The zero-order valence-corrected chi connectivity index (χ0v) is 34.3. The van der Waals surface area contributed by atoms with Crippen molar-refractivity contribution in [1.29, 1.82) is 0 Å². The maximum Gasteiger partial charge on any atom is 0.145 e. The van der Waals surface area contributed by atoms with Crippen LogP contribution in [-0.4, -0.2) is 0 Å². The molecule has 0 bridgehead atoms. The van der Waals surface area contributed by atoms with Gasteiger partial charge >= 0.3 is 0 Å². The van der Waals surface area contributed by atoms with Crippen LogP contribution in [0.1, 0.15) is 25.0 Å². The molecule has 62 heavy (non-hydrogen) atoms. The first-order valence-electron chi connectivity index (χ1n) is 21.4. The summed E-state index contributed by atoms with van der Waals surface area (Å²) in [5, 5.41) is 9.06. The van der Waals surface area contributed by atoms with Gasteiger partial charge in [-0.1, -0.05) is 153 Å². The van der Waals surface area contributed by atoms with E-state index >= 15 is 0 Å². The smallest absolute Gasteiger partial charge is 0.145 e. The first kappa shape index (κ1) is 34.9. The molecular formula is C59H39NO2. The van der Waals surface area contributed by atoms with Gasteiger partial charge in [-0.2, -0.15) is 0 Å². The van der Waals surface area contributed by atoms with E-state index in [4.69, 9.17) is 8.83 Å². The van der Waals surface area contributed by atoms with Crippen LogP contribution in [0, 0.1) is 0 Å². The summed E-state index contributed by atoms with van der Waals surface area (Å²) >= 11 is 0. The highest BCUT2D eigenvalue weighted by Gasteiger charge is 2.36. The zero-order chi connectivity index (χ0) is 41.1. The van der Waals surface area contributed by atoms with E-state index in [0.717, 1.165) is 72.1 Å². The molecule has 0 amide bonds. The molecule has 0 saturated heterocycles. The van der Waals surface area contributed by atoms with E-state index in [9.17, 15) is 0 Å². The molecule has 0 spiro atoms. The summed E-state index contributed by atoms with van der Waals surface area (Å²) in [7, 11) is 0. The topological polar surface area (TPSA) is 29.5 Å². The van der Waals surface area contributed by atoms with E-state index in [-0.39, 0.29) is 5.41 Å². The second kappa shape index (κ2) is 13.1. The standard InChI is InChI=1S/C59H39NO2/c1-59(2)49-22-12-10-20-44(49)45-29-28-40(35-50(45)59)60(39-26-24-37(25-27-39)36-14-4-3-5-15-36)51-31-30-47-57-54(33-32-53-56(57)46-21-11-13-23-52(46)61-53)62-58(47)55(51)48-34-38-16-6-7-17-41(38)42-18-8-9-19-43(42)48/h3-35H,1-2H3. The van der Waals surface area contributed by atoms with Crippen LogP contribution in [0.3, 0.4) is 0 Å². The Kier molecular flexibility index (Phi) is 7.36. The van der Waals surface area contributed by atoms with E-state index in [1.807, 2.05) is 12.1 Å². The van der Waals surface area contributed by atoms with Gasteiger partial charge in [-0.3, -0.25) is 0 Å². The minimum atomic E-state index is -0.177.